The first-order chi connectivity index (χ1) is 11.4. The molecule has 0 aromatic carbocycles. The van der Waals surface area contributed by atoms with E-state index >= 15 is 0 Å². The Bertz CT molecular complexity index is 618. The monoisotopic (exact) mass is 347 g/mol. The van der Waals surface area contributed by atoms with Crippen molar-refractivity contribution in [3.63, 3.8) is 0 Å². The van der Waals surface area contributed by atoms with Crippen LogP contribution >= 0.6 is 0 Å². The summed E-state index contributed by atoms with van der Waals surface area (Å²) in [5.41, 5.74) is 3.99. The highest BCUT2D eigenvalue weighted by molar-refractivity contribution is 7.90. The van der Waals surface area contributed by atoms with E-state index in [4.69, 9.17) is 4.98 Å². The molecule has 1 unspecified atom stereocenters. The summed E-state index contributed by atoms with van der Waals surface area (Å²) in [4.78, 5) is 5.03. The second kappa shape index (κ2) is 5.97. The van der Waals surface area contributed by atoms with Crippen molar-refractivity contribution in [3.05, 3.63) is 29.1 Å². The maximum atomic E-state index is 12.8. The summed E-state index contributed by atoms with van der Waals surface area (Å²) in [6, 6.07) is 4.64. The molecule has 24 heavy (non-hydrogen) atoms. The van der Waals surface area contributed by atoms with Crippen LogP contribution in [0.15, 0.2) is 12.1 Å². The number of aromatic nitrogens is 1. The number of nitrogens with zero attached hydrogens (tertiary/aromatic N) is 1. The molecule has 2 atom stereocenters. The second-order valence-corrected chi connectivity index (χ2v) is 10.8. The van der Waals surface area contributed by atoms with Crippen LogP contribution in [0, 0.1) is 5.41 Å². The number of hydrogen-bond donors (Lipinski definition) is 2. The number of nitrogens with one attached hydrogen (secondary N) is 2. The van der Waals surface area contributed by atoms with Gasteiger partial charge in [-0.05, 0) is 77.6 Å². The van der Waals surface area contributed by atoms with Gasteiger partial charge >= 0.3 is 0 Å². The van der Waals surface area contributed by atoms with Crippen LogP contribution in [0.1, 0.15) is 75.4 Å². The average molecular weight is 348 g/mol. The van der Waals surface area contributed by atoms with Crippen LogP contribution in [0.2, 0.25) is 0 Å². The Morgan fingerprint density at radius 2 is 1.96 bits per heavy atom. The number of rotatable bonds is 3. The molecular formula is C19H29N3OS. The summed E-state index contributed by atoms with van der Waals surface area (Å²) in [7, 11) is 0. The summed E-state index contributed by atoms with van der Waals surface area (Å²) in [6.45, 7) is 8.20. The standard InChI is InChI=1S/C19H29N3OS/c1-18(2,3)24(23)22-17-14-6-7-15(13-4-5-13)21-16(14)12-19(17)8-10-20-11-9-19/h6-7,13,17,20,22H,4-5,8-12H2,1-3H3/t17-,24?/m1/s1. The highest BCUT2D eigenvalue weighted by Crippen LogP contribution is 2.52. The van der Waals surface area contributed by atoms with E-state index in [1.807, 2.05) is 20.8 Å². The lowest BCUT2D eigenvalue weighted by atomic mass is 9.74. The molecule has 1 aromatic rings. The third kappa shape index (κ3) is 3.00. The minimum atomic E-state index is -1.06. The molecule has 2 aliphatic carbocycles. The molecule has 2 heterocycles. The Kier molecular flexibility index (Phi) is 4.19. The van der Waals surface area contributed by atoms with Crippen LogP contribution in [0.5, 0.6) is 0 Å². The largest absolute Gasteiger partial charge is 0.598 e. The Morgan fingerprint density at radius 1 is 1.25 bits per heavy atom. The smallest absolute Gasteiger partial charge is 0.136 e. The summed E-state index contributed by atoms with van der Waals surface area (Å²) in [6.07, 6.45) is 5.86. The van der Waals surface area contributed by atoms with E-state index < -0.39 is 11.4 Å². The normalized spacial score (nSPS) is 27.2. The van der Waals surface area contributed by atoms with Crippen LogP contribution in [0.4, 0.5) is 0 Å². The van der Waals surface area contributed by atoms with Gasteiger partial charge in [-0.25, -0.2) is 0 Å². The van der Waals surface area contributed by atoms with E-state index in [1.165, 1.54) is 29.8 Å². The van der Waals surface area contributed by atoms with Crippen LogP contribution in [0.25, 0.3) is 0 Å². The fraction of sp³-hybridized carbons (Fsp3) is 0.737. The highest BCUT2D eigenvalue weighted by atomic mass is 32.2. The van der Waals surface area contributed by atoms with Gasteiger partial charge in [-0.1, -0.05) is 6.07 Å². The molecular weight excluding hydrogens is 318 g/mol. The zero-order valence-electron chi connectivity index (χ0n) is 15.0. The van der Waals surface area contributed by atoms with Gasteiger partial charge in [-0.3, -0.25) is 4.98 Å². The van der Waals surface area contributed by atoms with E-state index in [0.29, 0.717) is 5.92 Å². The van der Waals surface area contributed by atoms with E-state index in [-0.39, 0.29) is 16.2 Å². The zero-order valence-corrected chi connectivity index (χ0v) is 15.8. The van der Waals surface area contributed by atoms with Gasteiger partial charge in [0, 0.05) is 34.1 Å². The molecule has 4 nitrogen and oxygen atoms in total. The third-order valence-electron chi connectivity index (χ3n) is 5.85. The van der Waals surface area contributed by atoms with Gasteiger partial charge in [0.25, 0.3) is 0 Å². The second-order valence-electron chi connectivity index (χ2n) is 8.77. The van der Waals surface area contributed by atoms with Crippen LogP contribution in [-0.2, 0) is 17.8 Å². The van der Waals surface area contributed by atoms with Crippen molar-refractivity contribution in [2.24, 2.45) is 5.41 Å². The van der Waals surface area contributed by atoms with E-state index in [1.54, 1.807) is 0 Å². The molecule has 0 bridgehead atoms. The fourth-order valence-electron chi connectivity index (χ4n) is 4.17. The molecule has 1 aliphatic heterocycles. The maximum absolute atomic E-state index is 12.8. The van der Waals surface area contributed by atoms with Gasteiger partial charge in [0.1, 0.15) is 4.75 Å². The molecule has 5 heteroatoms. The lowest BCUT2D eigenvalue weighted by molar-refractivity contribution is 0.163. The Balaban J connectivity index is 1.67. The summed E-state index contributed by atoms with van der Waals surface area (Å²) in [5, 5.41) is 3.48. The minimum Gasteiger partial charge on any atom is -0.598 e. The van der Waals surface area contributed by atoms with E-state index in [0.717, 1.165) is 32.4 Å². The predicted molar refractivity (Wildman–Crippen MR) is 98.2 cm³/mol. The van der Waals surface area contributed by atoms with Crippen LogP contribution in [0.3, 0.4) is 0 Å². The summed E-state index contributed by atoms with van der Waals surface area (Å²) < 4.78 is 16.1. The van der Waals surface area contributed by atoms with Gasteiger partial charge in [0.2, 0.25) is 0 Å². The van der Waals surface area contributed by atoms with Gasteiger partial charge in [-0.2, -0.15) is 0 Å². The van der Waals surface area contributed by atoms with Crippen molar-refractivity contribution < 1.29 is 4.55 Å². The quantitative estimate of drug-likeness (QED) is 0.825. The lowest BCUT2D eigenvalue weighted by Crippen LogP contribution is -2.48. The molecule has 132 valence electrons. The molecule has 1 saturated heterocycles. The van der Waals surface area contributed by atoms with Crippen molar-refractivity contribution >= 4 is 11.4 Å². The number of piperidine rings is 1. The highest BCUT2D eigenvalue weighted by Gasteiger charge is 2.50. The fourth-order valence-corrected chi connectivity index (χ4v) is 5.11. The molecule has 4 rings (SSSR count). The molecule has 2 fully saturated rings. The molecule has 3 aliphatic rings. The van der Waals surface area contributed by atoms with Crippen molar-refractivity contribution in [2.45, 2.75) is 69.6 Å². The lowest BCUT2D eigenvalue weighted by Gasteiger charge is -2.40. The van der Waals surface area contributed by atoms with Gasteiger partial charge in [0.05, 0.1) is 6.04 Å². The van der Waals surface area contributed by atoms with Crippen molar-refractivity contribution in [2.75, 3.05) is 13.1 Å². The maximum Gasteiger partial charge on any atom is 0.136 e. The van der Waals surface area contributed by atoms with Gasteiger partial charge in [-0.15, -0.1) is 4.72 Å². The molecule has 0 radical (unpaired) electrons. The predicted octanol–water partition coefficient (Wildman–Crippen LogP) is 2.98. The molecule has 1 aromatic heterocycles. The summed E-state index contributed by atoms with van der Waals surface area (Å²) >= 11 is -1.06. The summed E-state index contributed by atoms with van der Waals surface area (Å²) in [5.74, 6) is 0.690. The van der Waals surface area contributed by atoms with Crippen molar-refractivity contribution in [1.82, 2.24) is 15.0 Å². The Morgan fingerprint density at radius 3 is 2.58 bits per heavy atom. The Hall–Kier alpha value is -0.620. The Labute approximate surface area is 148 Å². The van der Waals surface area contributed by atoms with Crippen molar-refractivity contribution in [3.8, 4) is 0 Å². The van der Waals surface area contributed by atoms with Crippen LogP contribution < -0.4 is 10.0 Å². The topological polar surface area (TPSA) is 60.0 Å². The first-order valence-corrected chi connectivity index (χ1v) is 10.4. The van der Waals surface area contributed by atoms with Gasteiger partial charge < -0.3 is 9.87 Å². The molecule has 2 N–H and O–H groups in total. The number of pyridine rings is 1. The van der Waals surface area contributed by atoms with E-state index in [9.17, 15) is 4.55 Å². The third-order valence-corrected chi connectivity index (χ3v) is 7.41. The number of fused-ring (bicyclic) bond motifs is 1. The van der Waals surface area contributed by atoms with Crippen LogP contribution in [-0.4, -0.2) is 27.4 Å². The molecule has 1 saturated carbocycles. The van der Waals surface area contributed by atoms with Gasteiger partial charge in [0.15, 0.2) is 0 Å². The van der Waals surface area contributed by atoms with E-state index in [2.05, 4.69) is 22.2 Å². The average Bonchev–Trinajstić information content (AvgIpc) is 3.34. The molecule has 0 amide bonds. The number of hydrogen-bond acceptors (Lipinski definition) is 4. The van der Waals surface area contributed by atoms with Crippen molar-refractivity contribution in [1.29, 1.82) is 0 Å². The molecule has 1 spiro atoms. The SMILES string of the molecule is CC(C)(C)[S+]([O-])N[C@@H]1c2ccc(C3CC3)nc2CC12CCNCC2. The zero-order chi connectivity index (χ0) is 16.9. The first kappa shape index (κ1) is 16.8. The first-order valence-electron chi connectivity index (χ1n) is 9.28. The minimum absolute atomic E-state index is 0.162.